The first-order valence-corrected chi connectivity index (χ1v) is 8.39. The summed E-state index contributed by atoms with van der Waals surface area (Å²) >= 11 is 3.00. The minimum absolute atomic E-state index is 0.0200. The smallest absolute Gasteiger partial charge is 0.358 e. The van der Waals surface area contributed by atoms with Crippen molar-refractivity contribution in [2.45, 2.75) is 11.4 Å². The van der Waals surface area contributed by atoms with Crippen LogP contribution in [0.1, 0.15) is 5.56 Å². The maximum absolute atomic E-state index is 13.1. The van der Waals surface area contributed by atoms with E-state index < -0.39 is 30.5 Å². The van der Waals surface area contributed by atoms with Gasteiger partial charge < -0.3 is 10.1 Å². The number of nitro groups is 1. The average Bonchev–Trinajstić information content (AvgIpc) is 2.78. The third-order valence-corrected chi connectivity index (χ3v) is 4.39. The molecule has 0 aliphatic rings. The average molecular weight is 399 g/mol. The lowest BCUT2D eigenvalue weighted by Gasteiger charge is -2.00. The highest BCUT2D eigenvalue weighted by molar-refractivity contribution is 9.10. The van der Waals surface area contributed by atoms with E-state index in [1.54, 1.807) is 0 Å². The summed E-state index contributed by atoms with van der Waals surface area (Å²) in [5.41, 5.74) is 0.569. The first-order chi connectivity index (χ1) is 9.68. The normalized spacial score (nSPS) is 11.6. The standard InChI is InChI=1S/C10H6BrClFN3O4S/c11-7-3-6(1-2-8(7)13)4-15-5-9(21(12,19)20)10(14-15)16(17)18/h1-3,5H,4H2. The van der Waals surface area contributed by atoms with Gasteiger partial charge in [0.2, 0.25) is 4.90 Å². The summed E-state index contributed by atoms with van der Waals surface area (Å²) in [6.07, 6.45) is 0.956. The van der Waals surface area contributed by atoms with Crippen molar-refractivity contribution >= 4 is 41.5 Å². The molecule has 0 unspecified atom stereocenters. The number of halogens is 3. The topological polar surface area (TPSA) is 95.1 Å². The summed E-state index contributed by atoms with van der Waals surface area (Å²) in [6, 6.07) is 4.11. The minimum Gasteiger partial charge on any atom is -0.358 e. The minimum atomic E-state index is -4.29. The van der Waals surface area contributed by atoms with Crippen LogP contribution in [-0.4, -0.2) is 23.1 Å². The lowest BCUT2D eigenvalue weighted by Crippen LogP contribution is -2.01. The molecule has 0 saturated heterocycles. The molecule has 0 N–H and O–H groups in total. The van der Waals surface area contributed by atoms with Crippen molar-refractivity contribution in [2.75, 3.05) is 0 Å². The molecule has 0 aliphatic carbocycles. The van der Waals surface area contributed by atoms with E-state index in [0.717, 1.165) is 10.9 Å². The quantitative estimate of drug-likeness (QED) is 0.448. The Kier molecular flexibility index (Phi) is 4.30. The van der Waals surface area contributed by atoms with Gasteiger partial charge in [0.15, 0.2) is 0 Å². The Balaban J connectivity index is 2.41. The highest BCUT2D eigenvalue weighted by Gasteiger charge is 2.29. The van der Waals surface area contributed by atoms with Crippen molar-refractivity contribution in [3.8, 4) is 0 Å². The van der Waals surface area contributed by atoms with Gasteiger partial charge in [-0.05, 0) is 38.5 Å². The fraction of sp³-hybridized carbons (Fsp3) is 0.100. The summed E-state index contributed by atoms with van der Waals surface area (Å²) in [5.74, 6) is -1.32. The Bertz CT molecular complexity index is 824. The molecule has 0 atom stereocenters. The van der Waals surface area contributed by atoms with Gasteiger partial charge in [-0.3, -0.25) is 0 Å². The monoisotopic (exact) mass is 397 g/mol. The molecule has 0 aliphatic heterocycles. The highest BCUT2D eigenvalue weighted by atomic mass is 79.9. The number of rotatable bonds is 4. The molecule has 2 rings (SSSR count). The van der Waals surface area contributed by atoms with E-state index in [1.165, 1.54) is 18.2 Å². The first kappa shape index (κ1) is 15.9. The van der Waals surface area contributed by atoms with E-state index >= 15 is 0 Å². The van der Waals surface area contributed by atoms with Crippen LogP contribution in [0.15, 0.2) is 33.8 Å². The van der Waals surface area contributed by atoms with Crippen molar-refractivity contribution in [2.24, 2.45) is 0 Å². The zero-order valence-corrected chi connectivity index (χ0v) is 13.2. The second kappa shape index (κ2) is 5.70. The van der Waals surface area contributed by atoms with Gasteiger partial charge in [0, 0.05) is 10.7 Å². The molecule has 0 saturated carbocycles. The highest BCUT2D eigenvalue weighted by Crippen LogP contribution is 2.25. The summed E-state index contributed by atoms with van der Waals surface area (Å²) < 4.78 is 36.9. The van der Waals surface area contributed by atoms with Gasteiger partial charge in [-0.25, -0.2) is 12.8 Å². The van der Waals surface area contributed by atoms with Crippen molar-refractivity contribution in [1.82, 2.24) is 9.78 Å². The molecule has 0 amide bonds. The Morgan fingerprint density at radius 3 is 2.62 bits per heavy atom. The SMILES string of the molecule is O=[N+]([O-])c1nn(Cc2ccc(F)c(Br)c2)cc1S(=O)(=O)Cl. The van der Waals surface area contributed by atoms with Crippen LogP contribution in [0.4, 0.5) is 10.2 Å². The molecule has 0 spiro atoms. The largest absolute Gasteiger partial charge is 0.410 e. The molecule has 21 heavy (non-hydrogen) atoms. The van der Waals surface area contributed by atoms with Gasteiger partial charge in [0.1, 0.15) is 5.82 Å². The van der Waals surface area contributed by atoms with Crippen LogP contribution in [-0.2, 0) is 15.6 Å². The van der Waals surface area contributed by atoms with Crippen molar-refractivity contribution in [3.63, 3.8) is 0 Å². The Morgan fingerprint density at radius 1 is 1.48 bits per heavy atom. The van der Waals surface area contributed by atoms with Crippen LogP contribution >= 0.6 is 26.6 Å². The van der Waals surface area contributed by atoms with Gasteiger partial charge in [0.25, 0.3) is 9.05 Å². The molecule has 112 valence electrons. The molecular formula is C10H6BrClFN3O4S. The predicted molar refractivity (Wildman–Crippen MR) is 75.1 cm³/mol. The van der Waals surface area contributed by atoms with E-state index in [9.17, 15) is 22.9 Å². The van der Waals surface area contributed by atoms with Crippen molar-refractivity contribution in [3.05, 3.63) is 50.4 Å². The van der Waals surface area contributed by atoms with Crippen LogP contribution in [0, 0.1) is 15.9 Å². The van der Waals surface area contributed by atoms with E-state index in [1.807, 2.05) is 0 Å². The number of hydrogen-bond donors (Lipinski definition) is 0. The van der Waals surface area contributed by atoms with Gasteiger partial charge in [-0.15, -0.1) is 0 Å². The molecule has 1 aromatic heterocycles. The van der Waals surface area contributed by atoms with Crippen LogP contribution in [0.25, 0.3) is 0 Å². The Hall–Kier alpha value is -1.52. The molecule has 0 radical (unpaired) electrons. The molecule has 2 aromatic rings. The van der Waals surface area contributed by atoms with Gasteiger partial charge in [-0.1, -0.05) is 6.07 Å². The maximum atomic E-state index is 13.1. The second-order valence-corrected chi connectivity index (χ2v) is 7.35. The molecular weight excluding hydrogens is 393 g/mol. The maximum Gasteiger partial charge on any atom is 0.410 e. The van der Waals surface area contributed by atoms with E-state index in [0.29, 0.717) is 5.56 Å². The third-order valence-electron chi connectivity index (χ3n) is 2.47. The predicted octanol–water partition coefficient (Wildman–Crippen LogP) is 2.67. The molecule has 0 fully saturated rings. The summed E-state index contributed by atoms with van der Waals surface area (Å²) in [5, 5.41) is 14.4. The van der Waals surface area contributed by atoms with E-state index in [4.69, 9.17) is 10.7 Å². The van der Waals surface area contributed by atoms with Gasteiger partial charge in [0.05, 0.1) is 22.3 Å². The fourth-order valence-electron chi connectivity index (χ4n) is 1.60. The van der Waals surface area contributed by atoms with E-state index in [2.05, 4.69) is 21.0 Å². The zero-order valence-electron chi connectivity index (χ0n) is 10.0. The lowest BCUT2D eigenvalue weighted by atomic mass is 10.2. The first-order valence-electron chi connectivity index (χ1n) is 5.29. The van der Waals surface area contributed by atoms with Crippen molar-refractivity contribution < 1.29 is 17.7 Å². The van der Waals surface area contributed by atoms with Crippen LogP contribution in [0.2, 0.25) is 0 Å². The fourth-order valence-corrected chi connectivity index (χ4v) is 2.93. The lowest BCUT2D eigenvalue weighted by molar-refractivity contribution is -0.392. The van der Waals surface area contributed by atoms with Crippen LogP contribution in [0.5, 0.6) is 0 Å². The molecule has 1 aromatic carbocycles. The van der Waals surface area contributed by atoms with Crippen molar-refractivity contribution in [1.29, 1.82) is 0 Å². The molecule has 0 bridgehead atoms. The molecule has 1 heterocycles. The summed E-state index contributed by atoms with van der Waals surface area (Å²) in [4.78, 5) is 9.16. The number of benzene rings is 1. The number of hydrogen-bond acceptors (Lipinski definition) is 5. The Morgan fingerprint density at radius 2 is 2.14 bits per heavy atom. The summed E-state index contributed by atoms with van der Waals surface area (Å²) in [7, 11) is 0.841. The van der Waals surface area contributed by atoms with E-state index in [-0.39, 0.29) is 11.0 Å². The Labute approximate surface area is 131 Å². The summed E-state index contributed by atoms with van der Waals surface area (Å²) in [6.45, 7) is 0.0200. The van der Waals surface area contributed by atoms with Crippen LogP contribution in [0.3, 0.4) is 0 Å². The van der Waals surface area contributed by atoms with Crippen LogP contribution < -0.4 is 0 Å². The number of aromatic nitrogens is 2. The van der Waals surface area contributed by atoms with Gasteiger partial charge >= 0.3 is 5.82 Å². The second-order valence-electron chi connectivity index (χ2n) is 3.96. The molecule has 7 nitrogen and oxygen atoms in total. The molecule has 11 heteroatoms. The number of nitrogens with zero attached hydrogens (tertiary/aromatic N) is 3. The van der Waals surface area contributed by atoms with Gasteiger partial charge in [-0.2, -0.15) is 4.68 Å². The zero-order chi connectivity index (χ0) is 15.8. The third kappa shape index (κ3) is 3.57.